The number of furan rings is 1. The van der Waals surface area contributed by atoms with E-state index in [0.717, 1.165) is 6.42 Å². The maximum Gasteiger partial charge on any atom is 0.303 e. The van der Waals surface area contributed by atoms with Crippen molar-refractivity contribution in [2.45, 2.75) is 12.8 Å². The Balaban J connectivity index is 1.87. The summed E-state index contributed by atoms with van der Waals surface area (Å²) in [6.45, 7) is 1.13. The van der Waals surface area contributed by atoms with Crippen LogP contribution in [0.1, 0.15) is 18.6 Å². The standard InChI is InChI=1S/C13H14BrNO4/c14-11-3-1-10(19-11)2-4-12(16)15-6-5-9(8-15)7-13(17)18/h1-4,9H,5-8H2,(H,17,18). The van der Waals surface area contributed by atoms with E-state index in [1.807, 2.05) is 0 Å². The number of rotatable bonds is 4. The summed E-state index contributed by atoms with van der Waals surface area (Å²) in [5.41, 5.74) is 0. The molecule has 102 valence electrons. The van der Waals surface area contributed by atoms with Gasteiger partial charge in [-0.1, -0.05) is 0 Å². The molecule has 2 heterocycles. The summed E-state index contributed by atoms with van der Waals surface area (Å²) in [6.07, 6.45) is 3.93. The maximum absolute atomic E-state index is 11.9. The van der Waals surface area contributed by atoms with Crippen LogP contribution in [0.2, 0.25) is 0 Å². The highest BCUT2D eigenvalue weighted by Gasteiger charge is 2.26. The van der Waals surface area contributed by atoms with E-state index in [0.29, 0.717) is 23.5 Å². The first kappa shape index (κ1) is 13.9. The third kappa shape index (κ3) is 3.96. The number of carboxylic acids is 1. The first-order chi connectivity index (χ1) is 9.04. The van der Waals surface area contributed by atoms with Gasteiger partial charge in [-0.2, -0.15) is 0 Å². The number of hydrogen-bond donors (Lipinski definition) is 1. The topological polar surface area (TPSA) is 70.8 Å². The third-order valence-corrected chi connectivity index (χ3v) is 3.47. The number of likely N-dealkylation sites (tertiary alicyclic amines) is 1. The van der Waals surface area contributed by atoms with Crippen LogP contribution >= 0.6 is 15.9 Å². The largest absolute Gasteiger partial charge is 0.481 e. The fourth-order valence-corrected chi connectivity index (χ4v) is 2.44. The van der Waals surface area contributed by atoms with E-state index < -0.39 is 5.97 Å². The SMILES string of the molecule is O=C(O)CC1CCN(C(=O)C=Cc2ccc(Br)o2)C1. The molecule has 2 rings (SSSR count). The molecular formula is C13H14BrNO4. The van der Waals surface area contributed by atoms with Gasteiger partial charge in [0, 0.05) is 25.6 Å². The van der Waals surface area contributed by atoms with Crippen molar-refractivity contribution in [1.82, 2.24) is 4.90 Å². The van der Waals surface area contributed by atoms with Gasteiger partial charge in [0.05, 0.1) is 0 Å². The summed E-state index contributed by atoms with van der Waals surface area (Å²) < 4.78 is 5.86. The number of carbonyl (C=O) groups excluding carboxylic acids is 1. The molecule has 6 heteroatoms. The van der Waals surface area contributed by atoms with Gasteiger partial charge in [0.1, 0.15) is 5.76 Å². The molecule has 5 nitrogen and oxygen atoms in total. The van der Waals surface area contributed by atoms with Gasteiger partial charge in [0.2, 0.25) is 5.91 Å². The van der Waals surface area contributed by atoms with Crippen molar-refractivity contribution in [3.8, 4) is 0 Å². The Morgan fingerprint density at radius 2 is 2.32 bits per heavy atom. The molecule has 1 unspecified atom stereocenters. The van der Waals surface area contributed by atoms with Gasteiger partial charge in [-0.25, -0.2) is 0 Å². The second-order valence-corrected chi connectivity index (χ2v) is 5.29. The van der Waals surface area contributed by atoms with Gasteiger partial charge < -0.3 is 14.4 Å². The van der Waals surface area contributed by atoms with Crippen molar-refractivity contribution in [2.75, 3.05) is 13.1 Å². The predicted molar refractivity (Wildman–Crippen MR) is 72.4 cm³/mol. The summed E-state index contributed by atoms with van der Waals surface area (Å²) in [5, 5.41) is 8.72. The lowest BCUT2D eigenvalue weighted by Gasteiger charge is -2.13. The number of nitrogens with zero attached hydrogens (tertiary/aromatic N) is 1. The van der Waals surface area contributed by atoms with Crippen LogP contribution < -0.4 is 0 Å². The molecular weight excluding hydrogens is 314 g/mol. The van der Waals surface area contributed by atoms with Crippen molar-refractivity contribution in [2.24, 2.45) is 5.92 Å². The minimum Gasteiger partial charge on any atom is -0.481 e. The van der Waals surface area contributed by atoms with Crippen LogP contribution in [-0.4, -0.2) is 35.0 Å². The van der Waals surface area contributed by atoms with Crippen molar-refractivity contribution in [1.29, 1.82) is 0 Å². The quantitative estimate of drug-likeness (QED) is 0.862. The van der Waals surface area contributed by atoms with E-state index in [9.17, 15) is 9.59 Å². The maximum atomic E-state index is 11.9. The second kappa shape index (κ2) is 6.06. The average Bonchev–Trinajstić information content (AvgIpc) is 2.95. The van der Waals surface area contributed by atoms with Gasteiger partial charge in [0.15, 0.2) is 4.67 Å². The highest BCUT2D eigenvalue weighted by atomic mass is 79.9. The zero-order chi connectivity index (χ0) is 13.8. The molecule has 0 saturated carbocycles. The lowest BCUT2D eigenvalue weighted by molar-refractivity contribution is -0.138. The molecule has 1 aromatic heterocycles. The third-order valence-electron chi connectivity index (χ3n) is 3.04. The molecule has 1 aromatic rings. The van der Waals surface area contributed by atoms with Gasteiger partial charge >= 0.3 is 5.97 Å². The van der Waals surface area contributed by atoms with Crippen LogP contribution in [0.15, 0.2) is 27.3 Å². The molecule has 1 atom stereocenters. The molecule has 1 aliphatic heterocycles. The fraction of sp³-hybridized carbons (Fsp3) is 0.385. The van der Waals surface area contributed by atoms with Gasteiger partial charge in [-0.15, -0.1) is 0 Å². The molecule has 19 heavy (non-hydrogen) atoms. The Morgan fingerprint density at radius 3 is 2.95 bits per heavy atom. The van der Waals surface area contributed by atoms with E-state index in [1.54, 1.807) is 23.1 Å². The second-order valence-electron chi connectivity index (χ2n) is 4.51. The number of amides is 1. The van der Waals surface area contributed by atoms with E-state index in [-0.39, 0.29) is 18.2 Å². The normalized spacial score (nSPS) is 19.2. The molecule has 1 saturated heterocycles. The number of carboxylic acid groups (broad SMARTS) is 1. The van der Waals surface area contributed by atoms with Crippen molar-refractivity contribution < 1.29 is 19.1 Å². The van der Waals surface area contributed by atoms with E-state index >= 15 is 0 Å². The zero-order valence-electron chi connectivity index (χ0n) is 10.2. The number of carbonyl (C=O) groups is 2. The fourth-order valence-electron chi connectivity index (χ4n) is 2.12. The zero-order valence-corrected chi connectivity index (χ0v) is 11.8. The van der Waals surface area contributed by atoms with Crippen molar-refractivity contribution in [3.63, 3.8) is 0 Å². The molecule has 1 fully saturated rings. The molecule has 1 amide bonds. The Labute approximate surface area is 119 Å². The van der Waals surface area contributed by atoms with E-state index in [2.05, 4.69) is 15.9 Å². The molecule has 0 bridgehead atoms. The monoisotopic (exact) mass is 327 g/mol. The molecule has 0 aromatic carbocycles. The highest BCUT2D eigenvalue weighted by Crippen LogP contribution is 2.20. The Bertz CT molecular complexity index is 508. The molecule has 1 aliphatic rings. The van der Waals surface area contributed by atoms with E-state index in [1.165, 1.54) is 6.08 Å². The first-order valence-electron chi connectivity index (χ1n) is 5.98. The van der Waals surface area contributed by atoms with Gasteiger partial charge in [-0.05, 0) is 46.5 Å². The summed E-state index contributed by atoms with van der Waals surface area (Å²) in [6, 6.07) is 3.51. The van der Waals surface area contributed by atoms with E-state index in [4.69, 9.17) is 9.52 Å². The number of aliphatic carboxylic acids is 1. The minimum absolute atomic E-state index is 0.0626. The predicted octanol–water partition coefficient (Wildman–Crippen LogP) is 2.38. The lowest BCUT2D eigenvalue weighted by Crippen LogP contribution is -2.27. The van der Waals surface area contributed by atoms with Crippen LogP contribution in [-0.2, 0) is 9.59 Å². The lowest BCUT2D eigenvalue weighted by atomic mass is 10.1. The van der Waals surface area contributed by atoms with Gasteiger partial charge in [0.25, 0.3) is 0 Å². The Hall–Kier alpha value is -1.56. The Kier molecular flexibility index (Phi) is 4.42. The summed E-state index contributed by atoms with van der Waals surface area (Å²) in [7, 11) is 0. The average molecular weight is 328 g/mol. The smallest absolute Gasteiger partial charge is 0.303 e. The van der Waals surface area contributed by atoms with Crippen LogP contribution in [0.25, 0.3) is 6.08 Å². The summed E-state index contributed by atoms with van der Waals surface area (Å²) in [4.78, 5) is 24.2. The van der Waals surface area contributed by atoms with Crippen LogP contribution in [0.3, 0.4) is 0 Å². The van der Waals surface area contributed by atoms with Crippen LogP contribution in [0.4, 0.5) is 0 Å². The van der Waals surface area contributed by atoms with Crippen molar-refractivity contribution >= 4 is 33.9 Å². The number of halogens is 1. The molecule has 0 spiro atoms. The first-order valence-corrected chi connectivity index (χ1v) is 6.78. The minimum atomic E-state index is -0.810. The van der Waals surface area contributed by atoms with Gasteiger partial charge in [-0.3, -0.25) is 9.59 Å². The highest BCUT2D eigenvalue weighted by molar-refractivity contribution is 9.10. The molecule has 0 aliphatic carbocycles. The van der Waals surface area contributed by atoms with Crippen molar-refractivity contribution in [3.05, 3.63) is 28.6 Å². The summed E-state index contributed by atoms with van der Waals surface area (Å²) in [5.74, 6) is -0.259. The molecule has 0 radical (unpaired) electrons. The van der Waals surface area contributed by atoms with Crippen LogP contribution in [0.5, 0.6) is 0 Å². The van der Waals surface area contributed by atoms with Crippen LogP contribution in [0, 0.1) is 5.92 Å². The molecule has 1 N–H and O–H groups in total. The summed E-state index contributed by atoms with van der Waals surface area (Å²) >= 11 is 3.18. The Morgan fingerprint density at radius 1 is 1.53 bits per heavy atom. The number of hydrogen-bond acceptors (Lipinski definition) is 3.